The number of hydrogen-bond acceptors (Lipinski definition) is 13. The van der Waals surface area contributed by atoms with Gasteiger partial charge in [-0.1, -0.05) is 30.3 Å². The molecule has 0 aliphatic rings. The van der Waals surface area contributed by atoms with Gasteiger partial charge in [-0.25, -0.2) is 19.7 Å². The maximum atomic E-state index is 13.3. The first kappa shape index (κ1) is 34.1. The minimum atomic E-state index is -0.671. The van der Waals surface area contributed by atoms with Gasteiger partial charge in [-0.15, -0.1) is 0 Å². The lowest BCUT2D eigenvalue weighted by atomic mass is 10.2. The summed E-state index contributed by atoms with van der Waals surface area (Å²) in [6.07, 6.45) is 1.01. The third-order valence-electron chi connectivity index (χ3n) is 6.36. The standard InChI is InChI=1S/C32H36N8O7/c1-44-32(43)26-14-13-25(31(40-26)46-18-6-16-34)37-28(42)23-11-12-24(30(39-23)45-17-5-15-33)36-27(41)22-10-9-21(35)29(38-22)47-19-20-7-3-2-4-8-20/h2-4,7-14H,5-6,15-19,33-35H2,1H3,(H,36,41)(H,37,42). The fraction of sp³-hybridized carbons (Fsp3) is 0.250. The van der Waals surface area contributed by atoms with Crippen molar-refractivity contribution in [2.75, 3.05) is 49.8 Å². The highest BCUT2D eigenvalue weighted by molar-refractivity contribution is 6.06. The smallest absolute Gasteiger partial charge is 0.356 e. The lowest BCUT2D eigenvalue weighted by Gasteiger charge is -2.15. The second-order valence-corrected chi connectivity index (χ2v) is 9.84. The van der Waals surface area contributed by atoms with Crippen molar-refractivity contribution in [1.29, 1.82) is 0 Å². The highest BCUT2D eigenvalue weighted by atomic mass is 16.5. The minimum absolute atomic E-state index is 0.00104. The number of nitrogens with one attached hydrogen (secondary N) is 2. The van der Waals surface area contributed by atoms with E-state index in [1.165, 1.54) is 43.5 Å². The predicted molar refractivity (Wildman–Crippen MR) is 173 cm³/mol. The monoisotopic (exact) mass is 644 g/mol. The number of nitrogens with zero attached hydrogens (tertiary/aromatic N) is 3. The summed E-state index contributed by atoms with van der Waals surface area (Å²) in [4.78, 5) is 51.3. The van der Waals surface area contributed by atoms with Crippen LogP contribution in [0.3, 0.4) is 0 Å². The molecule has 0 aliphatic heterocycles. The molecule has 15 nitrogen and oxygen atoms in total. The number of hydrogen-bond donors (Lipinski definition) is 5. The van der Waals surface area contributed by atoms with Crippen LogP contribution in [0.25, 0.3) is 0 Å². The van der Waals surface area contributed by atoms with E-state index in [1.807, 2.05) is 30.3 Å². The van der Waals surface area contributed by atoms with Gasteiger partial charge < -0.3 is 46.8 Å². The molecule has 0 radical (unpaired) electrons. The quantitative estimate of drug-likeness (QED) is 0.0874. The Bertz CT molecular complexity index is 1690. The van der Waals surface area contributed by atoms with Crippen molar-refractivity contribution in [3.05, 3.63) is 89.4 Å². The Morgan fingerprint density at radius 2 is 1.17 bits per heavy atom. The van der Waals surface area contributed by atoms with Gasteiger partial charge in [0, 0.05) is 0 Å². The second-order valence-electron chi connectivity index (χ2n) is 9.84. The summed E-state index contributed by atoms with van der Waals surface area (Å²) in [5.41, 5.74) is 18.7. The summed E-state index contributed by atoms with van der Waals surface area (Å²) in [7, 11) is 1.23. The average Bonchev–Trinajstić information content (AvgIpc) is 3.09. The zero-order valence-electron chi connectivity index (χ0n) is 25.7. The summed E-state index contributed by atoms with van der Waals surface area (Å²) in [6.45, 7) is 1.31. The molecule has 3 aromatic heterocycles. The zero-order valence-corrected chi connectivity index (χ0v) is 25.7. The number of nitrogens with two attached hydrogens (primary N) is 3. The molecule has 0 atom stereocenters. The number of methoxy groups -OCH3 is 1. The molecule has 0 spiro atoms. The van der Waals surface area contributed by atoms with E-state index in [4.69, 9.17) is 36.1 Å². The van der Waals surface area contributed by atoms with Crippen LogP contribution in [0.1, 0.15) is 49.9 Å². The Balaban J connectivity index is 1.53. The topological polar surface area (TPSA) is 229 Å². The molecular weight excluding hydrogens is 608 g/mol. The molecule has 15 heteroatoms. The van der Waals surface area contributed by atoms with Gasteiger partial charge in [-0.3, -0.25) is 9.59 Å². The molecule has 0 unspecified atom stereocenters. The molecule has 47 heavy (non-hydrogen) atoms. The van der Waals surface area contributed by atoms with Crippen LogP contribution in [0.15, 0.2) is 66.7 Å². The number of esters is 1. The van der Waals surface area contributed by atoms with Crippen molar-refractivity contribution in [2.24, 2.45) is 11.5 Å². The van der Waals surface area contributed by atoms with Crippen LogP contribution in [0.2, 0.25) is 0 Å². The number of carbonyl (C=O) groups excluding carboxylic acids is 3. The van der Waals surface area contributed by atoms with E-state index >= 15 is 0 Å². The van der Waals surface area contributed by atoms with E-state index in [0.717, 1.165) is 5.56 Å². The molecule has 3 heterocycles. The van der Waals surface area contributed by atoms with Crippen molar-refractivity contribution >= 4 is 34.8 Å². The van der Waals surface area contributed by atoms with E-state index in [0.29, 0.717) is 25.9 Å². The first-order valence-corrected chi connectivity index (χ1v) is 14.6. The number of aromatic nitrogens is 3. The van der Waals surface area contributed by atoms with Gasteiger partial charge in [0.05, 0.1) is 26.0 Å². The summed E-state index contributed by atoms with van der Waals surface area (Å²) in [6, 6.07) is 18.1. The molecule has 1 aromatic carbocycles. The minimum Gasteiger partial charge on any atom is -0.476 e. The third kappa shape index (κ3) is 9.59. The number of amides is 2. The predicted octanol–water partition coefficient (Wildman–Crippen LogP) is 2.78. The van der Waals surface area contributed by atoms with Crippen molar-refractivity contribution in [3.8, 4) is 17.6 Å². The molecule has 8 N–H and O–H groups in total. The maximum absolute atomic E-state index is 13.3. The van der Waals surface area contributed by atoms with Crippen LogP contribution in [-0.4, -0.2) is 66.1 Å². The molecule has 0 saturated heterocycles. The zero-order chi connectivity index (χ0) is 33.6. The van der Waals surface area contributed by atoms with Crippen molar-refractivity contribution in [2.45, 2.75) is 19.4 Å². The average molecular weight is 645 g/mol. The Hall–Kier alpha value is -5.80. The molecule has 0 bridgehead atoms. The van der Waals surface area contributed by atoms with Gasteiger partial charge in [-0.2, -0.15) is 0 Å². The number of pyridine rings is 3. The van der Waals surface area contributed by atoms with Crippen molar-refractivity contribution in [3.63, 3.8) is 0 Å². The number of ether oxygens (including phenoxy) is 4. The second kappa shape index (κ2) is 17.0. The largest absolute Gasteiger partial charge is 0.476 e. The van der Waals surface area contributed by atoms with E-state index in [2.05, 4.69) is 25.6 Å². The number of benzene rings is 1. The highest BCUT2D eigenvalue weighted by Crippen LogP contribution is 2.27. The molecule has 4 aromatic rings. The summed E-state index contributed by atoms with van der Waals surface area (Å²) >= 11 is 0. The first-order chi connectivity index (χ1) is 22.8. The van der Waals surface area contributed by atoms with Crippen LogP contribution in [-0.2, 0) is 11.3 Å². The van der Waals surface area contributed by atoms with Gasteiger partial charge in [-0.05, 0) is 67.9 Å². The van der Waals surface area contributed by atoms with E-state index in [-0.39, 0.29) is 71.6 Å². The summed E-state index contributed by atoms with van der Waals surface area (Å²) in [5, 5.41) is 5.40. The van der Waals surface area contributed by atoms with Crippen LogP contribution in [0.4, 0.5) is 17.1 Å². The SMILES string of the molecule is COC(=O)c1ccc(NC(=O)c2ccc(NC(=O)c3ccc(N)c(OCc4ccccc4)n3)c(OCCCN)n2)c(OCCCN)n1. The molecule has 246 valence electrons. The Morgan fingerprint density at radius 1 is 0.660 bits per heavy atom. The van der Waals surface area contributed by atoms with Crippen molar-refractivity contribution in [1.82, 2.24) is 15.0 Å². The fourth-order valence-corrected chi connectivity index (χ4v) is 3.93. The fourth-order valence-electron chi connectivity index (χ4n) is 3.93. The van der Waals surface area contributed by atoms with E-state index < -0.39 is 17.8 Å². The number of carbonyl (C=O) groups is 3. The number of anilines is 3. The molecule has 2 amide bonds. The first-order valence-electron chi connectivity index (χ1n) is 14.6. The summed E-state index contributed by atoms with van der Waals surface area (Å²) < 4.78 is 21.9. The number of nitrogen functional groups attached to an aromatic ring is 1. The van der Waals surface area contributed by atoms with Gasteiger partial charge in [0.25, 0.3) is 11.8 Å². The van der Waals surface area contributed by atoms with Crippen LogP contribution in [0, 0.1) is 0 Å². The lowest BCUT2D eigenvalue weighted by molar-refractivity contribution is 0.0592. The van der Waals surface area contributed by atoms with Gasteiger partial charge in [0.1, 0.15) is 29.4 Å². The molecule has 0 fully saturated rings. The number of rotatable bonds is 16. The molecule has 0 aliphatic carbocycles. The Kier molecular flexibility index (Phi) is 12.4. The lowest BCUT2D eigenvalue weighted by Crippen LogP contribution is -2.19. The highest BCUT2D eigenvalue weighted by Gasteiger charge is 2.20. The summed E-state index contributed by atoms with van der Waals surface area (Å²) in [5.74, 6) is -1.81. The Labute approximate surface area is 270 Å². The maximum Gasteiger partial charge on any atom is 0.356 e. The van der Waals surface area contributed by atoms with Gasteiger partial charge >= 0.3 is 5.97 Å². The molecule has 0 saturated carbocycles. The molecule has 4 rings (SSSR count). The van der Waals surface area contributed by atoms with Crippen LogP contribution >= 0.6 is 0 Å². The molecular formula is C32H36N8O7. The van der Waals surface area contributed by atoms with E-state index in [1.54, 1.807) is 0 Å². The normalized spacial score (nSPS) is 10.5. The van der Waals surface area contributed by atoms with Gasteiger partial charge in [0.2, 0.25) is 17.6 Å². The van der Waals surface area contributed by atoms with Crippen LogP contribution < -0.4 is 42.0 Å². The van der Waals surface area contributed by atoms with Gasteiger partial charge in [0.15, 0.2) is 5.69 Å². The van der Waals surface area contributed by atoms with E-state index in [9.17, 15) is 14.4 Å². The third-order valence-corrected chi connectivity index (χ3v) is 6.36. The Morgan fingerprint density at radius 3 is 1.72 bits per heavy atom. The van der Waals surface area contributed by atoms with Crippen LogP contribution in [0.5, 0.6) is 17.6 Å². The van der Waals surface area contributed by atoms with Crippen molar-refractivity contribution < 1.29 is 33.3 Å².